The summed E-state index contributed by atoms with van der Waals surface area (Å²) in [6.07, 6.45) is 3.39. The monoisotopic (exact) mass is 639 g/mol. The molecule has 0 radical (unpaired) electrons. The van der Waals surface area contributed by atoms with Crippen LogP contribution in [0.4, 0.5) is 4.39 Å². The van der Waals surface area contributed by atoms with Gasteiger partial charge >= 0.3 is 0 Å². The Morgan fingerprint density at radius 3 is 2.18 bits per heavy atom. The van der Waals surface area contributed by atoms with Gasteiger partial charge in [0.25, 0.3) is 5.91 Å². The van der Waals surface area contributed by atoms with Gasteiger partial charge in [0.15, 0.2) is 5.75 Å². The van der Waals surface area contributed by atoms with Crippen LogP contribution in [-0.2, 0) is 20.7 Å². The third kappa shape index (κ3) is 7.24. The van der Waals surface area contributed by atoms with Crippen molar-refractivity contribution in [2.75, 3.05) is 19.8 Å². The number of benzene rings is 2. The predicted octanol–water partition coefficient (Wildman–Crippen LogP) is 4.97. The van der Waals surface area contributed by atoms with E-state index in [2.05, 4.69) is 15.2 Å². The van der Waals surface area contributed by atoms with Gasteiger partial charge in [0.1, 0.15) is 22.9 Å². The first kappa shape index (κ1) is 33.8. The molecular formula is C32H39FN5O6P. The summed E-state index contributed by atoms with van der Waals surface area (Å²) in [4.78, 5) is 44.4. The fourth-order valence-corrected chi connectivity index (χ4v) is 7.75. The topological polar surface area (TPSA) is 154 Å². The average molecular weight is 640 g/mol. The molecule has 0 aliphatic carbocycles. The molecule has 4 aromatic rings. The number of nitrogens with zero attached hydrogens (tertiary/aromatic N) is 3. The van der Waals surface area contributed by atoms with Crippen LogP contribution in [-0.4, -0.2) is 74.0 Å². The quantitative estimate of drug-likeness (QED) is 0.140. The Morgan fingerprint density at radius 2 is 1.60 bits per heavy atom. The second-order valence-corrected chi connectivity index (χ2v) is 13.6. The number of amides is 1. The molecule has 13 heteroatoms. The molecule has 0 saturated carbocycles. The smallest absolute Gasteiger partial charge is 0.254 e. The number of aromatic nitrogens is 2. The van der Waals surface area contributed by atoms with Crippen LogP contribution in [0.5, 0.6) is 11.6 Å². The summed E-state index contributed by atoms with van der Waals surface area (Å²) in [5.41, 5.74) is 0.965. The van der Waals surface area contributed by atoms with Crippen molar-refractivity contribution in [2.45, 2.75) is 59.2 Å². The zero-order valence-corrected chi connectivity index (χ0v) is 26.9. The van der Waals surface area contributed by atoms with Gasteiger partial charge in [-0.1, -0.05) is 32.0 Å². The van der Waals surface area contributed by atoms with E-state index >= 15 is 0 Å². The number of halogens is 1. The van der Waals surface area contributed by atoms with Gasteiger partial charge in [0.05, 0.1) is 29.6 Å². The number of phenols is 1. The Kier molecular flexibility index (Phi) is 10.4. The van der Waals surface area contributed by atoms with Crippen molar-refractivity contribution in [1.82, 2.24) is 24.6 Å². The number of nitrogens with one attached hydrogen (secondary N) is 2. The van der Waals surface area contributed by atoms with Crippen molar-refractivity contribution in [1.29, 1.82) is 0 Å². The van der Waals surface area contributed by atoms with Crippen molar-refractivity contribution in [3.63, 3.8) is 0 Å². The Morgan fingerprint density at radius 1 is 1.00 bits per heavy atom. The zero-order chi connectivity index (χ0) is 33.1. The number of ketones is 2. The van der Waals surface area contributed by atoms with Crippen molar-refractivity contribution in [2.24, 2.45) is 0 Å². The third-order valence-corrected chi connectivity index (χ3v) is 10.3. The summed E-state index contributed by atoms with van der Waals surface area (Å²) in [5.74, 6) is -1.77. The van der Waals surface area contributed by atoms with Gasteiger partial charge < -0.3 is 19.7 Å². The number of hydrogen-bond acceptors (Lipinski definition) is 7. The maximum Gasteiger partial charge on any atom is 0.254 e. The van der Waals surface area contributed by atoms with Gasteiger partial charge in [-0.05, 0) is 37.6 Å². The van der Waals surface area contributed by atoms with E-state index in [1.807, 2.05) is 0 Å². The third-order valence-electron chi connectivity index (χ3n) is 7.90. The van der Waals surface area contributed by atoms with Crippen molar-refractivity contribution < 1.29 is 33.6 Å². The lowest BCUT2D eigenvalue weighted by Crippen LogP contribution is -2.43. The number of carbonyl (C=O) groups excluding carboxylic acids is 3. The molecule has 4 rings (SSSR count). The van der Waals surface area contributed by atoms with Crippen molar-refractivity contribution >= 4 is 46.6 Å². The molecule has 0 bridgehead atoms. The number of hydrogen-bond donors (Lipinski definition) is 4. The Balaban J connectivity index is 1.71. The Hall–Kier alpha value is -4.12. The predicted molar refractivity (Wildman–Crippen MR) is 171 cm³/mol. The van der Waals surface area contributed by atoms with Crippen LogP contribution in [0.2, 0.25) is 0 Å². The first-order valence-corrected chi connectivity index (χ1v) is 16.7. The maximum atomic E-state index is 14.1. The summed E-state index contributed by atoms with van der Waals surface area (Å²) in [6, 6.07) is 7.53. The summed E-state index contributed by atoms with van der Waals surface area (Å²) >= 11 is 0. The highest BCUT2D eigenvalue weighted by atomic mass is 31.2. The molecule has 4 N–H and O–H groups in total. The van der Waals surface area contributed by atoms with Crippen LogP contribution >= 0.6 is 7.44 Å². The molecule has 2 atom stereocenters. The van der Waals surface area contributed by atoms with E-state index in [4.69, 9.17) is 0 Å². The van der Waals surface area contributed by atoms with E-state index in [1.165, 1.54) is 34.8 Å². The fraction of sp³-hybridized carbons (Fsp3) is 0.375. The molecule has 45 heavy (non-hydrogen) atoms. The van der Waals surface area contributed by atoms with Crippen LogP contribution in [0.1, 0.15) is 56.5 Å². The number of aromatic hydroxyl groups is 2. The molecule has 11 nitrogen and oxygen atoms in total. The van der Waals surface area contributed by atoms with E-state index in [0.717, 1.165) is 0 Å². The molecule has 0 spiro atoms. The van der Waals surface area contributed by atoms with Crippen LogP contribution in [0.3, 0.4) is 0 Å². The molecule has 0 fully saturated rings. The van der Waals surface area contributed by atoms with E-state index in [-0.39, 0.29) is 77.1 Å². The number of pyridine rings is 1. The summed E-state index contributed by atoms with van der Waals surface area (Å²) in [5, 5.41) is 28.8. The largest absolute Gasteiger partial charge is 0.505 e. The summed E-state index contributed by atoms with van der Waals surface area (Å²) in [7, 11) is -2.03. The average Bonchev–Trinajstić information content (AvgIpc) is 3.34. The normalized spacial score (nSPS) is 13.2. The minimum absolute atomic E-state index is 0.0252. The van der Waals surface area contributed by atoms with Gasteiger partial charge in [-0.25, -0.2) is 14.6 Å². The second-order valence-electron chi connectivity index (χ2n) is 11.2. The summed E-state index contributed by atoms with van der Waals surface area (Å²) < 4.78 is 29.0. The molecule has 2 aromatic carbocycles. The molecule has 0 aliphatic rings. The molecule has 240 valence electrons. The molecule has 0 aliphatic heterocycles. The molecule has 2 aromatic heterocycles. The van der Waals surface area contributed by atoms with E-state index < -0.39 is 31.3 Å². The van der Waals surface area contributed by atoms with E-state index in [1.54, 1.807) is 58.2 Å². The summed E-state index contributed by atoms with van der Waals surface area (Å²) in [6.45, 7) is 6.74. The molecule has 2 heterocycles. The van der Waals surface area contributed by atoms with Gasteiger partial charge in [-0.3, -0.25) is 23.9 Å². The van der Waals surface area contributed by atoms with Gasteiger partial charge in [0, 0.05) is 55.8 Å². The number of phenolic OH excluding ortho intramolecular Hbond substituents is 1. The maximum absolute atomic E-state index is 14.1. The van der Waals surface area contributed by atoms with Crippen molar-refractivity contribution in [3.8, 4) is 11.6 Å². The van der Waals surface area contributed by atoms with Gasteiger partial charge in [0.2, 0.25) is 13.3 Å². The molecule has 0 saturated heterocycles. The fourth-order valence-electron chi connectivity index (χ4n) is 5.30. The van der Waals surface area contributed by atoms with Crippen LogP contribution in [0, 0.1) is 5.82 Å². The van der Waals surface area contributed by atoms with Crippen LogP contribution < -0.4 is 10.2 Å². The van der Waals surface area contributed by atoms with Gasteiger partial charge in [-0.2, -0.15) is 0 Å². The minimum atomic E-state index is -3.56. The second kappa shape index (κ2) is 13.9. The number of carbonyl (C=O) groups is 3. The minimum Gasteiger partial charge on any atom is -0.505 e. The highest BCUT2D eigenvalue weighted by Gasteiger charge is 2.32. The Bertz CT molecular complexity index is 1760. The van der Waals surface area contributed by atoms with Crippen molar-refractivity contribution in [3.05, 3.63) is 65.7 Å². The lowest BCUT2D eigenvalue weighted by Gasteiger charge is -2.28. The van der Waals surface area contributed by atoms with E-state index in [0.29, 0.717) is 10.9 Å². The van der Waals surface area contributed by atoms with E-state index in [9.17, 15) is 33.6 Å². The van der Waals surface area contributed by atoms with Gasteiger partial charge in [-0.15, -0.1) is 0 Å². The lowest BCUT2D eigenvalue weighted by molar-refractivity contribution is -0.120. The first-order chi connectivity index (χ1) is 21.3. The SMILES string of the molecule is CCC(=O)[C@H](C)NP(=O)(CCN(C)C(=O)c1c2cccnc2c(O)c2c(O)n(Cc3ccc(F)cc3)cc12)N[C@@H](C)C(=O)CC. The first-order valence-electron chi connectivity index (χ1n) is 14.8. The lowest BCUT2D eigenvalue weighted by atomic mass is 10.00. The highest BCUT2D eigenvalue weighted by Crippen LogP contribution is 2.43. The molecular weight excluding hydrogens is 600 g/mol. The number of fused-ring (bicyclic) bond motifs is 2. The van der Waals surface area contributed by atoms with Crippen LogP contribution in [0.15, 0.2) is 48.8 Å². The molecule has 1 amide bonds. The number of rotatable bonds is 14. The standard InChI is InChI=1S/C32H39FN5O6P/c1-6-25(39)19(3)35-45(44,36-20(4)26(40)7-2)16-15-37(5)31(42)27-23-9-8-14-34-29(23)30(41)28-24(27)18-38(32(28)43)17-21-10-12-22(33)13-11-21/h8-14,18-20,41,43H,6-7,15-17H2,1-5H3,(H2,35,36,44)/t19-,20-/m0/s1. The molecule has 0 unspecified atom stereocenters. The zero-order valence-electron chi connectivity index (χ0n) is 26.0. The highest BCUT2D eigenvalue weighted by molar-refractivity contribution is 7.60. The van der Waals surface area contributed by atoms with Crippen LogP contribution in [0.25, 0.3) is 21.7 Å². The Labute approximate surface area is 260 Å². The number of Topliss-reactive ketones (excluding diaryl/α,β-unsaturated/α-hetero) is 2.